The van der Waals surface area contributed by atoms with E-state index in [4.69, 9.17) is 9.47 Å². The van der Waals surface area contributed by atoms with Crippen molar-refractivity contribution in [3.8, 4) is 0 Å². The molecular weight excluding hydrogens is 232 g/mol. The first kappa shape index (κ1) is 10.9. The summed E-state index contributed by atoms with van der Waals surface area (Å²) in [7, 11) is 0. The number of allylic oxidation sites excluding steroid dienone is 1. The third-order valence-corrected chi connectivity index (χ3v) is 5.29. The topological polar surface area (TPSA) is 52.6 Å². The van der Waals surface area contributed by atoms with Gasteiger partial charge < -0.3 is 9.47 Å². The molecule has 4 heteroatoms. The van der Waals surface area contributed by atoms with Crippen LogP contribution in [0.4, 0.5) is 0 Å². The molecule has 0 unspecified atom stereocenters. The summed E-state index contributed by atoms with van der Waals surface area (Å²) in [6.07, 6.45) is 1.47. The Hall–Kier alpha value is -1.00. The molecule has 3 saturated heterocycles. The van der Waals surface area contributed by atoms with Crippen molar-refractivity contribution in [1.29, 1.82) is 0 Å². The second-order valence-corrected chi connectivity index (χ2v) is 6.15. The van der Waals surface area contributed by atoms with E-state index in [1.807, 2.05) is 13.8 Å². The van der Waals surface area contributed by atoms with Crippen LogP contribution >= 0.6 is 0 Å². The fourth-order valence-electron chi connectivity index (χ4n) is 4.25. The summed E-state index contributed by atoms with van der Waals surface area (Å²) < 4.78 is 11.8. The normalized spacial score (nSPS) is 49.9. The number of hydrogen-bond donors (Lipinski definition) is 0. The lowest BCUT2D eigenvalue weighted by Gasteiger charge is -2.41. The van der Waals surface area contributed by atoms with Crippen molar-refractivity contribution in [3.05, 3.63) is 11.1 Å². The number of carbonyl (C=O) groups is 2. The van der Waals surface area contributed by atoms with E-state index in [9.17, 15) is 9.59 Å². The van der Waals surface area contributed by atoms with Crippen LogP contribution in [0.25, 0.3) is 0 Å². The average molecular weight is 248 g/mol. The fraction of sp³-hybridized carbons (Fsp3) is 0.714. The molecule has 4 aliphatic rings. The van der Waals surface area contributed by atoms with Crippen molar-refractivity contribution < 1.29 is 19.1 Å². The van der Waals surface area contributed by atoms with Gasteiger partial charge in [-0.2, -0.15) is 0 Å². The molecule has 0 aromatic rings. The molecule has 1 aliphatic carbocycles. The van der Waals surface area contributed by atoms with Gasteiger partial charge in [-0.15, -0.1) is 0 Å². The van der Waals surface area contributed by atoms with Gasteiger partial charge in [-0.1, -0.05) is 5.57 Å². The lowest BCUT2D eigenvalue weighted by atomic mass is 9.79. The van der Waals surface area contributed by atoms with Crippen molar-refractivity contribution >= 4 is 11.6 Å². The summed E-state index contributed by atoms with van der Waals surface area (Å²) in [5, 5.41) is 0. The standard InChI is InChI=1S/C14H16O4/c1-7-8-6-14-3-4-17-12(14)11(16)13(2,18-14)9(8)5-10(7)15/h9,12H,3-6H2,1-2H3/t9-,12+,13+,14-/m1/s1. The molecule has 3 fully saturated rings. The molecule has 0 radical (unpaired) electrons. The predicted molar refractivity (Wildman–Crippen MR) is 62.0 cm³/mol. The van der Waals surface area contributed by atoms with Gasteiger partial charge in [0.25, 0.3) is 0 Å². The van der Waals surface area contributed by atoms with E-state index in [2.05, 4.69) is 0 Å². The lowest BCUT2D eigenvalue weighted by Crippen LogP contribution is -2.47. The Balaban J connectivity index is 1.91. The van der Waals surface area contributed by atoms with Crippen molar-refractivity contribution in [2.45, 2.75) is 50.4 Å². The maximum atomic E-state index is 12.6. The van der Waals surface area contributed by atoms with E-state index in [0.29, 0.717) is 19.4 Å². The summed E-state index contributed by atoms with van der Waals surface area (Å²) in [6.45, 7) is 4.31. The Bertz CT molecular complexity index is 520. The number of fused-ring (bicyclic) bond motifs is 3. The molecule has 4 nitrogen and oxygen atoms in total. The van der Waals surface area contributed by atoms with Gasteiger partial charge in [0.1, 0.15) is 17.3 Å². The van der Waals surface area contributed by atoms with Gasteiger partial charge in [0, 0.05) is 25.2 Å². The van der Waals surface area contributed by atoms with Crippen molar-refractivity contribution in [3.63, 3.8) is 0 Å². The van der Waals surface area contributed by atoms with E-state index in [-0.39, 0.29) is 17.5 Å². The third-order valence-electron chi connectivity index (χ3n) is 5.29. The van der Waals surface area contributed by atoms with E-state index in [0.717, 1.165) is 17.6 Å². The Morgan fingerprint density at radius 3 is 2.89 bits per heavy atom. The largest absolute Gasteiger partial charge is 0.367 e. The van der Waals surface area contributed by atoms with Crippen molar-refractivity contribution in [2.24, 2.45) is 5.92 Å². The van der Waals surface area contributed by atoms with Gasteiger partial charge in [0.2, 0.25) is 0 Å². The first-order valence-corrected chi connectivity index (χ1v) is 6.57. The number of Topliss-reactive ketones (excluding diaryl/α,β-unsaturated/α-hetero) is 2. The Kier molecular flexibility index (Phi) is 1.78. The van der Waals surface area contributed by atoms with Crippen LogP contribution in [0.1, 0.15) is 33.1 Å². The van der Waals surface area contributed by atoms with E-state index >= 15 is 0 Å². The fourth-order valence-corrected chi connectivity index (χ4v) is 4.25. The SMILES string of the molecule is CC1=C2C[C@]34CCO[C@H]3C(=O)[C@@](C)(O4)[C@@H]2CC1=O. The van der Waals surface area contributed by atoms with Crippen LogP contribution in [-0.2, 0) is 19.1 Å². The Morgan fingerprint density at radius 1 is 1.33 bits per heavy atom. The van der Waals surface area contributed by atoms with Crippen LogP contribution < -0.4 is 0 Å². The molecule has 4 atom stereocenters. The zero-order valence-corrected chi connectivity index (χ0v) is 10.6. The zero-order valence-electron chi connectivity index (χ0n) is 10.6. The molecule has 18 heavy (non-hydrogen) atoms. The Morgan fingerprint density at radius 2 is 2.11 bits per heavy atom. The highest BCUT2D eigenvalue weighted by atomic mass is 16.6. The first-order chi connectivity index (χ1) is 8.48. The molecule has 3 aliphatic heterocycles. The van der Waals surface area contributed by atoms with Gasteiger partial charge in [-0.25, -0.2) is 0 Å². The number of carbonyl (C=O) groups excluding carboxylic acids is 2. The van der Waals surface area contributed by atoms with Crippen LogP contribution in [0.15, 0.2) is 11.1 Å². The minimum Gasteiger partial charge on any atom is -0.367 e. The smallest absolute Gasteiger partial charge is 0.196 e. The van der Waals surface area contributed by atoms with Crippen molar-refractivity contribution in [2.75, 3.05) is 6.61 Å². The Labute approximate surface area is 105 Å². The summed E-state index contributed by atoms with van der Waals surface area (Å²) in [5.74, 6) is 0.159. The van der Waals surface area contributed by atoms with Gasteiger partial charge in [-0.3, -0.25) is 9.59 Å². The summed E-state index contributed by atoms with van der Waals surface area (Å²) in [5.41, 5.74) is 0.680. The molecule has 3 heterocycles. The van der Waals surface area contributed by atoms with Crippen LogP contribution in [-0.4, -0.2) is 35.5 Å². The zero-order chi connectivity index (χ0) is 12.7. The highest BCUT2D eigenvalue weighted by molar-refractivity contribution is 6.03. The second kappa shape index (κ2) is 2.94. The second-order valence-electron chi connectivity index (χ2n) is 6.15. The first-order valence-electron chi connectivity index (χ1n) is 6.57. The number of hydrogen-bond acceptors (Lipinski definition) is 4. The third kappa shape index (κ3) is 0.972. The molecule has 0 N–H and O–H groups in total. The highest BCUT2D eigenvalue weighted by Crippen LogP contribution is 2.58. The maximum Gasteiger partial charge on any atom is 0.196 e. The number of ether oxygens (including phenoxy) is 2. The van der Waals surface area contributed by atoms with Gasteiger partial charge >= 0.3 is 0 Å². The summed E-state index contributed by atoms with van der Waals surface area (Å²) in [6, 6.07) is 0. The molecular formula is C14H16O4. The molecule has 96 valence electrons. The molecule has 0 aromatic carbocycles. The van der Waals surface area contributed by atoms with E-state index in [1.165, 1.54) is 0 Å². The van der Waals surface area contributed by atoms with Gasteiger partial charge in [-0.05, 0) is 19.4 Å². The number of ketones is 2. The van der Waals surface area contributed by atoms with Crippen LogP contribution in [0.5, 0.6) is 0 Å². The summed E-state index contributed by atoms with van der Waals surface area (Å²) >= 11 is 0. The molecule has 4 rings (SSSR count). The quantitative estimate of drug-likeness (QED) is 0.646. The van der Waals surface area contributed by atoms with Crippen LogP contribution in [0.3, 0.4) is 0 Å². The monoisotopic (exact) mass is 248 g/mol. The summed E-state index contributed by atoms with van der Waals surface area (Å²) in [4.78, 5) is 24.5. The van der Waals surface area contributed by atoms with E-state index < -0.39 is 17.3 Å². The molecule has 0 saturated carbocycles. The molecule has 1 spiro atoms. The van der Waals surface area contributed by atoms with Gasteiger partial charge in [0.15, 0.2) is 11.6 Å². The molecule has 0 aromatic heterocycles. The maximum absolute atomic E-state index is 12.6. The van der Waals surface area contributed by atoms with Crippen LogP contribution in [0, 0.1) is 5.92 Å². The minimum absolute atomic E-state index is 0.0440. The minimum atomic E-state index is -0.841. The average Bonchev–Trinajstić information content (AvgIpc) is 2.88. The van der Waals surface area contributed by atoms with Crippen LogP contribution in [0.2, 0.25) is 0 Å². The van der Waals surface area contributed by atoms with Gasteiger partial charge in [0.05, 0.1) is 6.61 Å². The number of rotatable bonds is 0. The highest BCUT2D eigenvalue weighted by Gasteiger charge is 2.70. The van der Waals surface area contributed by atoms with Crippen molar-refractivity contribution in [1.82, 2.24) is 0 Å². The van der Waals surface area contributed by atoms with E-state index in [1.54, 1.807) is 0 Å². The molecule has 2 bridgehead atoms. The molecule has 0 amide bonds. The lowest BCUT2D eigenvalue weighted by molar-refractivity contribution is -0.155. The predicted octanol–water partition coefficient (Wildman–Crippen LogP) is 1.18.